The van der Waals surface area contributed by atoms with E-state index >= 15 is 0 Å². The summed E-state index contributed by atoms with van der Waals surface area (Å²) in [4.78, 5) is 1.33. The fourth-order valence-electron chi connectivity index (χ4n) is 1.76. The third-order valence-corrected chi connectivity index (χ3v) is 6.40. The van der Waals surface area contributed by atoms with Gasteiger partial charge in [0.05, 0.1) is 0 Å². The quantitative estimate of drug-likeness (QED) is 0.853. The molecule has 2 rings (SSSR count). The average Bonchev–Trinajstić information content (AvgIpc) is 2.65. The van der Waals surface area contributed by atoms with E-state index in [4.69, 9.17) is 0 Å². The van der Waals surface area contributed by atoms with Crippen LogP contribution in [0.5, 0.6) is 0 Å². The van der Waals surface area contributed by atoms with E-state index < -0.39 is 26.6 Å². The van der Waals surface area contributed by atoms with E-state index in [1.165, 1.54) is 11.3 Å². The molecule has 2 aromatic rings. The molecule has 0 amide bonds. The Morgan fingerprint density at radius 1 is 1.24 bits per heavy atom. The van der Waals surface area contributed by atoms with E-state index in [0.29, 0.717) is 6.07 Å². The van der Waals surface area contributed by atoms with Gasteiger partial charge in [0.25, 0.3) is 0 Å². The van der Waals surface area contributed by atoms with Crippen LogP contribution in [0.4, 0.5) is 8.78 Å². The van der Waals surface area contributed by atoms with Gasteiger partial charge in [-0.15, -0.1) is 11.3 Å². The molecule has 3 nitrogen and oxygen atoms in total. The highest BCUT2D eigenvalue weighted by molar-refractivity contribution is 9.10. The van der Waals surface area contributed by atoms with Crippen LogP contribution in [0.3, 0.4) is 0 Å². The molecule has 0 spiro atoms. The Labute approximate surface area is 134 Å². The number of aryl methyl sites for hydroxylation is 2. The number of thiophene rings is 1. The second-order valence-corrected chi connectivity index (χ2v) is 8.37. The molecule has 0 saturated carbocycles. The first-order valence-electron chi connectivity index (χ1n) is 5.91. The van der Waals surface area contributed by atoms with Crippen molar-refractivity contribution >= 4 is 37.3 Å². The Kier molecular flexibility index (Phi) is 4.82. The predicted molar refractivity (Wildman–Crippen MR) is 81.9 cm³/mol. The van der Waals surface area contributed by atoms with Crippen molar-refractivity contribution in [1.82, 2.24) is 4.72 Å². The van der Waals surface area contributed by atoms with E-state index in [-0.39, 0.29) is 11.0 Å². The molecule has 1 heterocycles. The van der Waals surface area contributed by atoms with Crippen LogP contribution in [0.15, 0.2) is 27.6 Å². The summed E-state index contributed by atoms with van der Waals surface area (Å²) >= 11 is 4.35. The molecule has 0 aliphatic carbocycles. The van der Waals surface area contributed by atoms with Crippen molar-refractivity contribution in [2.24, 2.45) is 0 Å². The van der Waals surface area contributed by atoms with Crippen molar-refractivity contribution in [1.29, 1.82) is 0 Å². The van der Waals surface area contributed by atoms with Crippen LogP contribution in [0, 0.1) is 25.5 Å². The molecule has 0 fully saturated rings. The fourth-order valence-corrected chi connectivity index (χ4v) is 5.01. The van der Waals surface area contributed by atoms with E-state index in [9.17, 15) is 17.2 Å². The lowest BCUT2D eigenvalue weighted by atomic mass is 10.3. The molecule has 0 aliphatic heterocycles. The lowest BCUT2D eigenvalue weighted by Crippen LogP contribution is -2.24. The maximum Gasteiger partial charge on any atom is 0.244 e. The molecule has 0 unspecified atom stereocenters. The summed E-state index contributed by atoms with van der Waals surface area (Å²) in [6, 6.07) is 3.33. The fraction of sp³-hybridized carbons (Fsp3) is 0.231. The average molecular weight is 396 g/mol. The van der Waals surface area contributed by atoms with Crippen molar-refractivity contribution in [3.8, 4) is 0 Å². The summed E-state index contributed by atoms with van der Waals surface area (Å²) in [6.07, 6.45) is 0. The van der Waals surface area contributed by atoms with E-state index in [1.54, 1.807) is 0 Å². The van der Waals surface area contributed by atoms with Crippen molar-refractivity contribution in [3.05, 3.63) is 49.6 Å². The zero-order valence-electron chi connectivity index (χ0n) is 11.2. The zero-order chi connectivity index (χ0) is 15.8. The normalized spacial score (nSPS) is 11.9. The van der Waals surface area contributed by atoms with Gasteiger partial charge in [0.2, 0.25) is 10.0 Å². The van der Waals surface area contributed by atoms with Gasteiger partial charge in [0, 0.05) is 26.8 Å². The molecule has 21 heavy (non-hydrogen) atoms. The minimum Gasteiger partial charge on any atom is -0.207 e. The molecule has 1 aromatic carbocycles. The maximum atomic E-state index is 13.7. The number of halogens is 3. The SMILES string of the molecule is Cc1cc(CNS(=O)(=O)c2c(F)cc(F)cc2Br)sc1C. The van der Waals surface area contributed by atoms with Gasteiger partial charge in [-0.2, -0.15) is 0 Å². The Bertz CT molecular complexity index is 745. The lowest BCUT2D eigenvalue weighted by Gasteiger charge is -2.09. The Morgan fingerprint density at radius 2 is 1.90 bits per heavy atom. The van der Waals surface area contributed by atoms with Gasteiger partial charge in [-0.25, -0.2) is 21.9 Å². The topological polar surface area (TPSA) is 46.2 Å². The van der Waals surface area contributed by atoms with Crippen LogP contribution in [0.2, 0.25) is 0 Å². The van der Waals surface area contributed by atoms with E-state index in [2.05, 4.69) is 20.7 Å². The Balaban J connectivity index is 2.27. The van der Waals surface area contributed by atoms with Crippen LogP contribution in [0.1, 0.15) is 15.3 Å². The molecule has 1 aromatic heterocycles. The second kappa shape index (κ2) is 6.12. The van der Waals surface area contributed by atoms with Crippen LogP contribution in [0.25, 0.3) is 0 Å². The minimum absolute atomic E-state index is 0.0605. The molecule has 1 N–H and O–H groups in total. The van der Waals surface area contributed by atoms with Gasteiger partial charge in [-0.1, -0.05) is 0 Å². The number of benzene rings is 1. The van der Waals surface area contributed by atoms with Gasteiger partial charge in [0.15, 0.2) is 0 Å². The zero-order valence-corrected chi connectivity index (χ0v) is 14.4. The maximum absolute atomic E-state index is 13.7. The highest BCUT2D eigenvalue weighted by Gasteiger charge is 2.23. The Hall–Kier alpha value is -0.830. The van der Waals surface area contributed by atoms with Gasteiger partial charge in [0.1, 0.15) is 16.5 Å². The summed E-state index contributed by atoms with van der Waals surface area (Å²) in [5.74, 6) is -1.98. The molecular formula is C13H12BrF2NO2S2. The van der Waals surface area contributed by atoms with Crippen molar-refractivity contribution in [2.45, 2.75) is 25.3 Å². The van der Waals surface area contributed by atoms with Gasteiger partial charge in [-0.3, -0.25) is 0 Å². The first-order valence-corrected chi connectivity index (χ1v) is 9.00. The van der Waals surface area contributed by atoms with Crippen molar-refractivity contribution in [3.63, 3.8) is 0 Å². The second-order valence-electron chi connectivity index (χ2n) is 4.48. The van der Waals surface area contributed by atoms with Gasteiger partial charge < -0.3 is 0 Å². The minimum atomic E-state index is -4.07. The molecule has 0 aliphatic rings. The smallest absolute Gasteiger partial charge is 0.207 e. The van der Waals surface area contributed by atoms with Crippen LogP contribution in [-0.4, -0.2) is 8.42 Å². The molecule has 0 bridgehead atoms. The first-order chi connectivity index (χ1) is 9.70. The van der Waals surface area contributed by atoms with Gasteiger partial charge >= 0.3 is 0 Å². The summed E-state index contributed by atoms with van der Waals surface area (Å²) < 4.78 is 53.2. The molecule has 0 radical (unpaired) electrons. The molecule has 0 saturated heterocycles. The summed E-state index contributed by atoms with van der Waals surface area (Å²) in [5, 5.41) is 0. The van der Waals surface area contributed by atoms with Crippen molar-refractivity contribution < 1.29 is 17.2 Å². The third-order valence-electron chi connectivity index (χ3n) is 2.89. The van der Waals surface area contributed by atoms with E-state index in [1.807, 2.05) is 19.9 Å². The summed E-state index contributed by atoms with van der Waals surface area (Å²) in [6.45, 7) is 3.93. The first kappa shape index (κ1) is 16.5. The largest absolute Gasteiger partial charge is 0.244 e. The summed E-state index contributed by atoms with van der Waals surface area (Å²) in [5.41, 5.74) is 1.07. The Morgan fingerprint density at radius 3 is 2.43 bits per heavy atom. The monoisotopic (exact) mass is 395 g/mol. The van der Waals surface area contributed by atoms with E-state index in [0.717, 1.165) is 21.4 Å². The lowest BCUT2D eigenvalue weighted by molar-refractivity contribution is 0.541. The number of rotatable bonds is 4. The van der Waals surface area contributed by atoms with Crippen LogP contribution in [-0.2, 0) is 16.6 Å². The number of sulfonamides is 1. The third kappa shape index (κ3) is 3.68. The molecule has 8 heteroatoms. The molecule has 0 atom stereocenters. The van der Waals surface area contributed by atoms with Gasteiger partial charge in [-0.05, 0) is 47.5 Å². The number of hydrogen-bond acceptors (Lipinski definition) is 3. The highest BCUT2D eigenvalue weighted by Crippen LogP contribution is 2.27. The van der Waals surface area contributed by atoms with Crippen LogP contribution >= 0.6 is 27.3 Å². The summed E-state index contributed by atoms with van der Waals surface area (Å²) in [7, 11) is -4.07. The number of hydrogen-bond donors (Lipinski definition) is 1. The molecule has 114 valence electrons. The predicted octanol–water partition coefficient (Wildman–Crippen LogP) is 3.88. The highest BCUT2D eigenvalue weighted by atomic mass is 79.9. The standard InChI is InChI=1S/C13H12BrF2NO2S2/c1-7-3-10(20-8(7)2)6-17-21(18,19)13-11(14)4-9(15)5-12(13)16/h3-5,17H,6H2,1-2H3. The number of nitrogens with one attached hydrogen (secondary N) is 1. The molecular weight excluding hydrogens is 384 g/mol. The van der Waals surface area contributed by atoms with Crippen molar-refractivity contribution in [2.75, 3.05) is 0 Å². The van der Waals surface area contributed by atoms with Crippen LogP contribution < -0.4 is 4.72 Å².